The Kier molecular flexibility index (Phi) is 12.9. The number of carboxylic acids is 1. The highest BCUT2D eigenvalue weighted by Gasteiger charge is 2.57. The van der Waals surface area contributed by atoms with E-state index in [4.69, 9.17) is 14.6 Å². The number of carbonyl (C=O) groups excluding carboxylic acids is 3. The fraction of sp³-hybridized carbons (Fsp3) is 0.600. The van der Waals surface area contributed by atoms with Gasteiger partial charge in [0.05, 0.1) is 11.7 Å². The molecule has 0 aliphatic carbocycles. The molecule has 1 aromatic carbocycles. The third kappa shape index (κ3) is 9.61. The Hall–Kier alpha value is -3.31. The second kappa shape index (κ2) is 16.0. The van der Waals surface area contributed by atoms with Crippen LogP contribution in [0.4, 0.5) is 10.5 Å². The largest absolute Gasteiger partial charge is 0.480 e. The molecule has 2 fully saturated rings. The van der Waals surface area contributed by atoms with Gasteiger partial charge < -0.3 is 29.7 Å². The van der Waals surface area contributed by atoms with Gasteiger partial charge in [0.2, 0.25) is 11.8 Å². The van der Waals surface area contributed by atoms with Gasteiger partial charge in [-0.25, -0.2) is 9.59 Å². The Labute approximate surface area is 279 Å². The minimum absolute atomic E-state index is 0.0160. The Morgan fingerprint density at radius 3 is 2.59 bits per heavy atom. The van der Waals surface area contributed by atoms with Crippen LogP contribution in [-0.2, 0) is 30.3 Å². The lowest BCUT2D eigenvalue weighted by molar-refractivity contribution is -0.148. The van der Waals surface area contributed by atoms with E-state index in [1.165, 1.54) is 35.6 Å². The molecule has 3 heterocycles. The Morgan fingerprint density at radius 1 is 1.24 bits per heavy atom. The lowest BCUT2D eigenvalue weighted by atomic mass is 9.86. The predicted octanol–water partition coefficient (Wildman–Crippen LogP) is 5.39. The number of aliphatic carboxylic acids is 1. The van der Waals surface area contributed by atoms with Crippen molar-refractivity contribution in [2.45, 2.75) is 110 Å². The van der Waals surface area contributed by atoms with Gasteiger partial charge in [-0.1, -0.05) is 36.8 Å². The van der Waals surface area contributed by atoms with Gasteiger partial charge in [0.1, 0.15) is 12.1 Å². The Morgan fingerprint density at radius 2 is 1.93 bits per heavy atom. The quantitative estimate of drug-likeness (QED) is 0.293. The number of aryl methyl sites for hydroxylation is 1. The lowest BCUT2D eigenvalue weighted by Gasteiger charge is -2.33. The summed E-state index contributed by atoms with van der Waals surface area (Å²) in [5.74, 6) is -0.592. The summed E-state index contributed by atoms with van der Waals surface area (Å²) >= 11 is 3.88. The summed E-state index contributed by atoms with van der Waals surface area (Å²) in [7, 11) is 3.34. The number of carbonyl (C=O) groups is 4. The predicted molar refractivity (Wildman–Crippen MR) is 182 cm³/mol. The van der Waals surface area contributed by atoms with Crippen LogP contribution in [0.2, 0.25) is 0 Å². The first-order chi connectivity index (χ1) is 21.6. The zero-order valence-corrected chi connectivity index (χ0v) is 29.4. The smallest absolute Gasteiger partial charge is 0.407 e. The zero-order valence-electron chi connectivity index (χ0n) is 28.5. The number of hydrogen-bond donors (Lipinski definition) is 3. The maximum atomic E-state index is 13.2. The fourth-order valence-electron chi connectivity index (χ4n) is 6.05. The fourth-order valence-corrected chi connectivity index (χ4v) is 6.24. The van der Waals surface area contributed by atoms with Crippen LogP contribution in [0, 0.1) is 19.8 Å². The molecular weight excluding hydrogens is 606 g/mol. The van der Waals surface area contributed by atoms with Crippen molar-refractivity contribution >= 4 is 42.2 Å². The Balaban J connectivity index is 0.000000409. The number of thiol groups is 1. The van der Waals surface area contributed by atoms with Crippen LogP contribution in [0.5, 0.6) is 0 Å². The van der Waals surface area contributed by atoms with E-state index in [-0.39, 0.29) is 54.1 Å². The van der Waals surface area contributed by atoms with Crippen LogP contribution in [-0.4, -0.2) is 83.6 Å². The number of carboxylic acid groups (broad SMARTS) is 1. The highest BCUT2D eigenvalue weighted by atomic mass is 32.1. The van der Waals surface area contributed by atoms with E-state index in [1.807, 2.05) is 7.05 Å². The van der Waals surface area contributed by atoms with Crippen molar-refractivity contribution in [2.75, 3.05) is 24.7 Å². The molecule has 0 aromatic heterocycles. The van der Waals surface area contributed by atoms with Gasteiger partial charge >= 0.3 is 12.1 Å². The molecule has 3 amide bonds. The summed E-state index contributed by atoms with van der Waals surface area (Å²) < 4.78 is 11.7. The summed E-state index contributed by atoms with van der Waals surface area (Å²) in [5.41, 5.74) is 5.37. The molecule has 2 saturated heterocycles. The first-order valence-electron chi connectivity index (χ1n) is 16.0. The molecule has 4 rings (SSSR count). The van der Waals surface area contributed by atoms with Crippen molar-refractivity contribution < 1.29 is 33.8 Å². The number of hydrogen-bond acceptors (Lipinski definition) is 7. The maximum absolute atomic E-state index is 13.2. The number of fused-ring (bicyclic) bond motifs is 5. The minimum atomic E-state index is -0.995. The third-order valence-corrected chi connectivity index (χ3v) is 9.67. The van der Waals surface area contributed by atoms with Gasteiger partial charge in [0, 0.05) is 51.0 Å². The highest BCUT2D eigenvalue weighted by Crippen LogP contribution is 2.47. The highest BCUT2D eigenvalue weighted by molar-refractivity contribution is 7.80. The van der Waals surface area contributed by atoms with E-state index >= 15 is 0 Å². The minimum Gasteiger partial charge on any atom is -0.480 e. The standard InChI is InChI=1S/C28H38N2O4.C7H13NO3S/c1-17-9-7-8-10-22-16-24(33-27(32)29-22)20(4)26-28(5,34-26)12-11-25(31)30(6)23-15-21(13-17)14-18(2)19(23)3;1-5(7(10)11)8(2)6(9)3-4-12/h7-9,14-15,20,22,24,26H,10-13,16H2,1-6H3,(H,29,32);5,12H,3-4H2,1-2H3,(H,10,11)/b8-7+,17-9+;/t20-,22?,24?,26?,28-;5-/m10/s1. The average molecular weight is 658 g/mol. The van der Waals surface area contributed by atoms with E-state index in [9.17, 15) is 19.2 Å². The van der Waals surface area contributed by atoms with Crippen molar-refractivity contribution in [3.8, 4) is 0 Å². The second-order valence-corrected chi connectivity index (χ2v) is 13.5. The number of epoxide rings is 1. The number of ether oxygens (including phenoxy) is 2. The second-order valence-electron chi connectivity index (χ2n) is 13.1. The van der Waals surface area contributed by atoms with Crippen LogP contribution in [0.25, 0.3) is 0 Å². The number of anilines is 1. The molecule has 11 heteroatoms. The molecule has 0 radical (unpaired) electrons. The summed E-state index contributed by atoms with van der Waals surface area (Å²) in [4.78, 5) is 49.9. The third-order valence-electron chi connectivity index (χ3n) is 9.45. The van der Waals surface area contributed by atoms with Crippen LogP contribution in [0.3, 0.4) is 0 Å². The molecular formula is C35H51N3O7S. The first-order valence-corrected chi connectivity index (χ1v) is 16.6. The first kappa shape index (κ1) is 37.2. The van der Waals surface area contributed by atoms with Gasteiger partial charge in [0.15, 0.2) is 0 Å². The van der Waals surface area contributed by atoms with Gasteiger partial charge in [0.25, 0.3) is 0 Å². The molecule has 10 nitrogen and oxygen atoms in total. The van der Waals surface area contributed by atoms with Crippen molar-refractivity contribution in [2.24, 2.45) is 5.92 Å². The van der Waals surface area contributed by atoms with Gasteiger partial charge in [-0.15, -0.1) is 0 Å². The summed E-state index contributed by atoms with van der Waals surface area (Å²) in [5, 5.41) is 11.5. The molecule has 2 N–H and O–H groups in total. The number of allylic oxidation sites excluding steroid dienone is 3. The maximum Gasteiger partial charge on any atom is 0.407 e. The van der Waals surface area contributed by atoms with Gasteiger partial charge in [-0.3, -0.25) is 9.59 Å². The number of likely N-dealkylation sites (N-methyl/N-ethyl adjacent to an activating group) is 1. The molecule has 46 heavy (non-hydrogen) atoms. The van der Waals surface area contributed by atoms with Crippen LogP contribution < -0.4 is 10.2 Å². The van der Waals surface area contributed by atoms with E-state index in [1.54, 1.807) is 4.90 Å². The number of amides is 3. The van der Waals surface area contributed by atoms with Crippen LogP contribution in [0.1, 0.15) is 76.5 Å². The number of nitrogens with zero attached hydrogens (tertiary/aromatic N) is 2. The normalized spacial score (nSPS) is 29.0. The van der Waals surface area contributed by atoms with E-state index in [0.717, 1.165) is 30.5 Å². The van der Waals surface area contributed by atoms with Gasteiger partial charge in [-0.2, -0.15) is 12.6 Å². The molecule has 3 unspecified atom stereocenters. The topological polar surface area (TPSA) is 129 Å². The number of benzene rings is 1. The van der Waals surface area contributed by atoms with Crippen molar-refractivity contribution in [3.05, 3.63) is 52.6 Å². The van der Waals surface area contributed by atoms with Crippen molar-refractivity contribution in [1.82, 2.24) is 10.2 Å². The van der Waals surface area contributed by atoms with Crippen LogP contribution >= 0.6 is 12.6 Å². The summed E-state index contributed by atoms with van der Waals surface area (Å²) in [6, 6.07) is 3.63. The molecule has 254 valence electrons. The van der Waals surface area contributed by atoms with E-state index < -0.39 is 12.0 Å². The van der Waals surface area contributed by atoms with Gasteiger partial charge in [-0.05, 0) is 82.4 Å². The average Bonchev–Trinajstić information content (AvgIpc) is 3.69. The van der Waals surface area contributed by atoms with E-state index in [2.05, 4.69) is 82.9 Å². The van der Waals surface area contributed by atoms with Crippen molar-refractivity contribution in [1.29, 1.82) is 0 Å². The SMILES string of the molecule is C/C1=C\C=C\CC2CC(OC(=O)N2)[C@@H](C)C2O[C@]2(C)CCC(=O)N(C)c2cc(cc(C)c2C)C1.C[C@@H](C(=O)O)N(C)C(=O)CCS. The zero-order chi connectivity index (χ0) is 34.3. The summed E-state index contributed by atoms with van der Waals surface area (Å²) in [6.45, 7) is 11.9. The number of alkyl carbamates (subject to hydrolysis) is 1. The van der Waals surface area contributed by atoms with E-state index in [0.29, 0.717) is 18.6 Å². The molecule has 1 aromatic rings. The monoisotopic (exact) mass is 657 g/mol. The molecule has 4 bridgehead atoms. The number of nitrogens with one attached hydrogen (secondary N) is 1. The molecule has 0 spiro atoms. The summed E-state index contributed by atoms with van der Waals surface area (Å²) in [6.07, 6.45) is 9.42. The molecule has 0 saturated carbocycles. The molecule has 6 atom stereocenters. The number of rotatable bonds is 4. The Bertz CT molecular complexity index is 1360. The van der Waals surface area contributed by atoms with Crippen LogP contribution in [0.15, 0.2) is 35.9 Å². The molecule has 3 aliphatic heterocycles. The lowest BCUT2D eigenvalue weighted by Crippen LogP contribution is -2.48. The van der Waals surface area contributed by atoms with Crippen molar-refractivity contribution in [3.63, 3.8) is 0 Å². The molecule has 3 aliphatic rings.